The lowest BCUT2D eigenvalue weighted by atomic mass is 10.1. The SMILES string of the molecule is O=C(O)c1cccc(-c2n[nH]c(=O)c(Br)c2Br)c1. The second-order valence-electron chi connectivity index (χ2n) is 3.42. The first-order valence-corrected chi connectivity index (χ1v) is 6.36. The molecule has 1 aromatic heterocycles. The van der Waals surface area contributed by atoms with Crippen LogP contribution in [0.1, 0.15) is 10.4 Å². The molecule has 0 spiro atoms. The van der Waals surface area contributed by atoms with E-state index in [2.05, 4.69) is 42.1 Å². The number of aromatic amines is 1. The van der Waals surface area contributed by atoms with Gasteiger partial charge in [-0.1, -0.05) is 12.1 Å². The number of carbonyl (C=O) groups is 1. The molecule has 0 aliphatic rings. The van der Waals surface area contributed by atoms with Crippen LogP contribution >= 0.6 is 31.9 Å². The van der Waals surface area contributed by atoms with Gasteiger partial charge >= 0.3 is 5.97 Å². The van der Waals surface area contributed by atoms with Crippen molar-refractivity contribution in [1.82, 2.24) is 10.2 Å². The molecule has 5 nitrogen and oxygen atoms in total. The maximum absolute atomic E-state index is 11.3. The standard InChI is InChI=1S/C11H6Br2N2O3/c12-7-8(13)10(16)15-14-9(7)5-2-1-3-6(4-5)11(17)18/h1-4H,(H,15,16)(H,17,18). The average molecular weight is 374 g/mol. The van der Waals surface area contributed by atoms with Crippen LogP contribution in [0.3, 0.4) is 0 Å². The van der Waals surface area contributed by atoms with Crippen molar-refractivity contribution in [2.75, 3.05) is 0 Å². The minimum atomic E-state index is -1.02. The molecule has 7 heteroatoms. The Labute approximate surface area is 118 Å². The van der Waals surface area contributed by atoms with Crippen LogP contribution in [0, 0.1) is 0 Å². The van der Waals surface area contributed by atoms with Gasteiger partial charge in [0.25, 0.3) is 5.56 Å². The maximum Gasteiger partial charge on any atom is 0.335 e. The number of aromatic nitrogens is 2. The zero-order valence-electron chi connectivity index (χ0n) is 8.78. The smallest absolute Gasteiger partial charge is 0.335 e. The van der Waals surface area contributed by atoms with E-state index < -0.39 is 5.97 Å². The summed E-state index contributed by atoms with van der Waals surface area (Å²) < 4.78 is 0.794. The van der Waals surface area contributed by atoms with E-state index in [1.807, 2.05) is 0 Å². The summed E-state index contributed by atoms with van der Waals surface area (Å²) in [7, 11) is 0. The Bertz CT molecular complexity index is 682. The predicted octanol–water partition coefficient (Wildman–Crippen LogP) is 2.66. The average Bonchev–Trinajstić information content (AvgIpc) is 2.36. The van der Waals surface area contributed by atoms with Crippen LogP contribution in [-0.4, -0.2) is 21.3 Å². The fourth-order valence-electron chi connectivity index (χ4n) is 1.40. The number of H-pyrrole nitrogens is 1. The molecule has 1 heterocycles. The Morgan fingerprint density at radius 3 is 2.67 bits per heavy atom. The highest BCUT2D eigenvalue weighted by Crippen LogP contribution is 2.29. The molecule has 0 amide bonds. The zero-order chi connectivity index (χ0) is 13.3. The van der Waals surface area contributed by atoms with Crippen molar-refractivity contribution < 1.29 is 9.90 Å². The third kappa shape index (κ3) is 2.37. The van der Waals surface area contributed by atoms with E-state index in [1.165, 1.54) is 12.1 Å². The molecule has 0 saturated carbocycles. The van der Waals surface area contributed by atoms with Crippen LogP contribution in [0.5, 0.6) is 0 Å². The summed E-state index contributed by atoms with van der Waals surface area (Å²) in [5, 5.41) is 15.2. The Morgan fingerprint density at radius 1 is 1.28 bits per heavy atom. The van der Waals surface area contributed by atoms with Gasteiger partial charge in [-0.3, -0.25) is 4.79 Å². The fourth-order valence-corrected chi connectivity index (χ4v) is 2.17. The molecule has 18 heavy (non-hydrogen) atoms. The lowest BCUT2D eigenvalue weighted by molar-refractivity contribution is 0.0697. The van der Waals surface area contributed by atoms with Gasteiger partial charge in [-0.15, -0.1) is 0 Å². The molecule has 0 saturated heterocycles. The highest BCUT2D eigenvalue weighted by molar-refractivity contribution is 9.13. The van der Waals surface area contributed by atoms with E-state index in [1.54, 1.807) is 12.1 Å². The highest BCUT2D eigenvalue weighted by Gasteiger charge is 2.13. The van der Waals surface area contributed by atoms with Gasteiger partial charge in [-0.25, -0.2) is 9.89 Å². The van der Waals surface area contributed by atoms with Gasteiger partial charge in [0.2, 0.25) is 0 Å². The van der Waals surface area contributed by atoms with Crippen LogP contribution < -0.4 is 5.56 Å². The predicted molar refractivity (Wildman–Crippen MR) is 72.7 cm³/mol. The number of carboxylic acid groups (broad SMARTS) is 1. The van der Waals surface area contributed by atoms with Crippen molar-refractivity contribution in [2.24, 2.45) is 0 Å². The number of halogens is 2. The summed E-state index contributed by atoms with van der Waals surface area (Å²) in [6, 6.07) is 6.30. The van der Waals surface area contributed by atoms with Crippen molar-refractivity contribution >= 4 is 37.8 Å². The van der Waals surface area contributed by atoms with Gasteiger partial charge < -0.3 is 5.11 Å². The number of nitrogens with one attached hydrogen (secondary N) is 1. The molecule has 0 radical (unpaired) electrons. The molecule has 0 bridgehead atoms. The molecule has 92 valence electrons. The van der Waals surface area contributed by atoms with Crippen LogP contribution in [0.25, 0.3) is 11.3 Å². The molecule has 0 fully saturated rings. The molecule has 2 N–H and O–H groups in total. The minimum absolute atomic E-state index is 0.156. The summed E-state index contributed by atoms with van der Waals surface area (Å²) in [5.74, 6) is -1.02. The van der Waals surface area contributed by atoms with Crippen LogP contribution in [0.4, 0.5) is 0 Å². The summed E-state index contributed by atoms with van der Waals surface area (Å²) in [6.45, 7) is 0. The molecule has 0 aliphatic heterocycles. The Kier molecular flexibility index (Phi) is 3.63. The van der Waals surface area contributed by atoms with Crippen molar-refractivity contribution in [3.05, 3.63) is 49.1 Å². The first-order chi connectivity index (χ1) is 8.50. The monoisotopic (exact) mass is 372 g/mol. The molecule has 2 aromatic rings. The first-order valence-electron chi connectivity index (χ1n) is 4.78. The largest absolute Gasteiger partial charge is 0.478 e. The van der Waals surface area contributed by atoms with Crippen LogP contribution in [0.15, 0.2) is 38.0 Å². The number of carboxylic acids is 1. The van der Waals surface area contributed by atoms with Crippen LogP contribution in [0.2, 0.25) is 0 Å². The fraction of sp³-hybridized carbons (Fsp3) is 0. The lowest BCUT2D eigenvalue weighted by Crippen LogP contribution is -2.10. The van der Waals surface area contributed by atoms with Crippen molar-refractivity contribution in [3.63, 3.8) is 0 Å². The molecule has 0 unspecified atom stereocenters. The summed E-state index contributed by atoms with van der Waals surface area (Å²) in [4.78, 5) is 22.2. The van der Waals surface area contributed by atoms with E-state index in [9.17, 15) is 9.59 Å². The first kappa shape index (κ1) is 13.0. The Hall–Kier alpha value is -1.47. The van der Waals surface area contributed by atoms with E-state index in [0.717, 1.165) is 0 Å². The third-order valence-corrected chi connectivity index (χ3v) is 4.31. The second-order valence-corrected chi connectivity index (χ2v) is 5.00. The molecule has 1 aromatic carbocycles. The quantitative estimate of drug-likeness (QED) is 0.847. The molecule has 2 rings (SSSR count). The minimum Gasteiger partial charge on any atom is -0.478 e. The van der Waals surface area contributed by atoms with Gasteiger partial charge in [0.1, 0.15) is 10.2 Å². The number of nitrogens with zero attached hydrogens (tertiary/aromatic N) is 1. The van der Waals surface area contributed by atoms with Gasteiger partial charge in [-0.2, -0.15) is 5.10 Å². The third-order valence-electron chi connectivity index (χ3n) is 2.25. The molecule has 0 aliphatic carbocycles. The van der Waals surface area contributed by atoms with Crippen molar-refractivity contribution in [2.45, 2.75) is 0 Å². The van der Waals surface area contributed by atoms with E-state index in [4.69, 9.17) is 5.11 Å². The van der Waals surface area contributed by atoms with E-state index in [-0.39, 0.29) is 11.1 Å². The zero-order valence-corrected chi connectivity index (χ0v) is 11.9. The number of hydrogen-bond acceptors (Lipinski definition) is 3. The Balaban J connectivity index is 2.62. The lowest BCUT2D eigenvalue weighted by Gasteiger charge is -2.05. The van der Waals surface area contributed by atoms with Gasteiger partial charge in [0, 0.05) is 5.56 Å². The van der Waals surface area contributed by atoms with E-state index in [0.29, 0.717) is 20.2 Å². The van der Waals surface area contributed by atoms with Gasteiger partial charge in [-0.05, 0) is 44.0 Å². The maximum atomic E-state index is 11.3. The van der Waals surface area contributed by atoms with Gasteiger partial charge in [0.15, 0.2) is 0 Å². The van der Waals surface area contributed by atoms with Crippen LogP contribution in [-0.2, 0) is 0 Å². The molecular formula is C11H6Br2N2O3. The number of rotatable bonds is 2. The number of benzene rings is 1. The van der Waals surface area contributed by atoms with E-state index >= 15 is 0 Å². The number of aromatic carboxylic acids is 1. The van der Waals surface area contributed by atoms with Gasteiger partial charge in [0.05, 0.1) is 10.0 Å². The normalized spacial score (nSPS) is 10.3. The second kappa shape index (κ2) is 5.03. The molecular weight excluding hydrogens is 368 g/mol. The summed E-state index contributed by atoms with van der Waals surface area (Å²) >= 11 is 6.38. The Morgan fingerprint density at radius 2 is 2.00 bits per heavy atom. The summed E-state index contributed by atoms with van der Waals surface area (Å²) in [6.07, 6.45) is 0. The number of hydrogen-bond donors (Lipinski definition) is 2. The summed E-state index contributed by atoms with van der Waals surface area (Å²) in [5.41, 5.74) is 0.854. The van der Waals surface area contributed by atoms with Crippen molar-refractivity contribution in [1.29, 1.82) is 0 Å². The van der Waals surface area contributed by atoms with Crippen molar-refractivity contribution in [3.8, 4) is 11.3 Å². The highest BCUT2D eigenvalue weighted by atomic mass is 79.9. The molecule has 0 atom stereocenters. The topological polar surface area (TPSA) is 83.0 Å².